The number of aromatic nitrogens is 4. The Morgan fingerprint density at radius 1 is 1.15 bits per heavy atom. The maximum absolute atomic E-state index is 12.3. The van der Waals surface area contributed by atoms with Crippen LogP contribution in [0.5, 0.6) is 5.75 Å². The molecule has 2 aromatic carbocycles. The number of nitrogens with zero attached hydrogens (tertiary/aromatic N) is 5. The number of tetrazole rings is 1. The number of hydrogen-bond donors (Lipinski definition) is 1. The SMILES string of the molecule is N#Cc1cc(NCc2nnnn2-c2ccccc2)ccc1OCC(F)(F)F. The Bertz CT molecular complexity index is 949. The van der Waals surface area contributed by atoms with Crippen LogP contribution in [0, 0.1) is 11.3 Å². The number of halogens is 3. The monoisotopic (exact) mass is 374 g/mol. The number of rotatable bonds is 6. The van der Waals surface area contributed by atoms with Crippen LogP contribution in [0.1, 0.15) is 11.4 Å². The van der Waals surface area contributed by atoms with E-state index in [1.54, 1.807) is 4.68 Å². The zero-order valence-corrected chi connectivity index (χ0v) is 13.8. The first kappa shape index (κ1) is 18.2. The van der Waals surface area contributed by atoms with E-state index < -0.39 is 12.8 Å². The molecule has 1 heterocycles. The lowest BCUT2D eigenvalue weighted by atomic mass is 10.2. The molecule has 27 heavy (non-hydrogen) atoms. The van der Waals surface area contributed by atoms with Crippen molar-refractivity contribution in [3.63, 3.8) is 0 Å². The predicted octanol–water partition coefficient (Wildman–Crippen LogP) is 3.09. The number of nitriles is 1. The van der Waals surface area contributed by atoms with E-state index in [9.17, 15) is 13.2 Å². The van der Waals surface area contributed by atoms with Crippen molar-refractivity contribution in [2.75, 3.05) is 11.9 Å². The first-order valence-electron chi connectivity index (χ1n) is 7.76. The highest BCUT2D eigenvalue weighted by molar-refractivity contribution is 5.55. The summed E-state index contributed by atoms with van der Waals surface area (Å²) in [5.41, 5.74) is 1.30. The quantitative estimate of drug-likeness (QED) is 0.713. The van der Waals surface area contributed by atoms with Gasteiger partial charge >= 0.3 is 6.18 Å². The summed E-state index contributed by atoms with van der Waals surface area (Å²) in [6, 6.07) is 15.3. The summed E-state index contributed by atoms with van der Waals surface area (Å²) in [5, 5.41) is 23.7. The second kappa shape index (κ2) is 7.74. The van der Waals surface area contributed by atoms with Gasteiger partial charge in [0.25, 0.3) is 0 Å². The van der Waals surface area contributed by atoms with E-state index in [1.165, 1.54) is 18.2 Å². The summed E-state index contributed by atoms with van der Waals surface area (Å²) < 4.78 is 43.0. The van der Waals surface area contributed by atoms with Crippen molar-refractivity contribution in [2.45, 2.75) is 12.7 Å². The second-order valence-corrected chi connectivity index (χ2v) is 5.42. The van der Waals surface area contributed by atoms with Crippen LogP contribution in [-0.4, -0.2) is 33.0 Å². The van der Waals surface area contributed by atoms with Gasteiger partial charge in [-0.15, -0.1) is 5.10 Å². The van der Waals surface area contributed by atoms with Crippen LogP contribution in [-0.2, 0) is 6.54 Å². The molecule has 1 aromatic heterocycles. The van der Waals surface area contributed by atoms with Gasteiger partial charge in [-0.3, -0.25) is 0 Å². The lowest BCUT2D eigenvalue weighted by Crippen LogP contribution is -2.19. The third kappa shape index (κ3) is 4.72. The standard InChI is InChI=1S/C17H13F3N6O/c18-17(19,20)11-27-15-7-6-13(8-12(15)9-21)22-10-16-23-24-25-26(16)14-4-2-1-3-5-14/h1-8,22H,10-11H2. The van der Waals surface area contributed by atoms with Crippen LogP contribution in [0.15, 0.2) is 48.5 Å². The van der Waals surface area contributed by atoms with Crippen LogP contribution in [0.3, 0.4) is 0 Å². The molecule has 0 unspecified atom stereocenters. The Morgan fingerprint density at radius 3 is 2.63 bits per heavy atom. The van der Waals surface area contributed by atoms with E-state index in [1.807, 2.05) is 36.4 Å². The van der Waals surface area contributed by atoms with E-state index in [4.69, 9.17) is 5.26 Å². The van der Waals surface area contributed by atoms with Crippen molar-refractivity contribution in [1.82, 2.24) is 20.2 Å². The molecule has 0 saturated carbocycles. The average Bonchev–Trinajstić information content (AvgIpc) is 3.13. The van der Waals surface area contributed by atoms with Crippen LogP contribution >= 0.6 is 0 Å². The highest BCUT2D eigenvalue weighted by atomic mass is 19.4. The molecule has 0 spiro atoms. The van der Waals surface area contributed by atoms with Crippen molar-refractivity contribution >= 4 is 5.69 Å². The fraction of sp³-hybridized carbons (Fsp3) is 0.176. The molecule has 0 atom stereocenters. The molecule has 0 aliphatic carbocycles. The molecule has 10 heteroatoms. The van der Waals surface area contributed by atoms with Gasteiger partial charge in [0.2, 0.25) is 0 Å². The fourth-order valence-electron chi connectivity index (χ4n) is 2.28. The molecule has 0 aliphatic rings. The van der Waals surface area contributed by atoms with Gasteiger partial charge in [0.1, 0.15) is 11.8 Å². The zero-order chi connectivity index (χ0) is 19.3. The zero-order valence-electron chi connectivity index (χ0n) is 13.8. The summed E-state index contributed by atoms with van der Waals surface area (Å²) in [4.78, 5) is 0. The Morgan fingerprint density at radius 2 is 1.93 bits per heavy atom. The largest absolute Gasteiger partial charge is 0.483 e. The molecule has 0 bridgehead atoms. The van der Waals surface area contributed by atoms with Crippen LogP contribution in [0.25, 0.3) is 5.69 Å². The highest BCUT2D eigenvalue weighted by Gasteiger charge is 2.28. The molecule has 138 valence electrons. The summed E-state index contributed by atoms with van der Waals surface area (Å²) in [6.45, 7) is -1.21. The van der Waals surface area contributed by atoms with Crippen LogP contribution in [0.4, 0.5) is 18.9 Å². The molecule has 0 radical (unpaired) electrons. The van der Waals surface area contributed by atoms with Gasteiger partial charge in [0, 0.05) is 5.69 Å². The number of para-hydroxylation sites is 1. The third-order valence-electron chi connectivity index (χ3n) is 3.48. The molecular formula is C17H13F3N6O. The molecule has 3 rings (SSSR count). The smallest absolute Gasteiger partial charge is 0.422 e. The number of alkyl halides is 3. The van der Waals surface area contributed by atoms with Gasteiger partial charge < -0.3 is 10.1 Å². The fourth-order valence-corrected chi connectivity index (χ4v) is 2.28. The first-order chi connectivity index (χ1) is 13.0. The topological polar surface area (TPSA) is 88.7 Å². The molecule has 7 nitrogen and oxygen atoms in total. The first-order valence-corrected chi connectivity index (χ1v) is 7.76. The van der Waals surface area contributed by atoms with E-state index in [0.29, 0.717) is 11.5 Å². The molecule has 0 amide bonds. The van der Waals surface area contributed by atoms with E-state index >= 15 is 0 Å². The van der Waals surface area contributed by atoms with E-state index in [-0.39, 0.29) is 17.9 Å². The molecule has 1 N–H and O–H groups in total. The predicted molar refractivity (Wildman–Crippen MR) is 89.2 cm³/mol. The van der Waals surface area contributed by atoms with Gasteiger partial charge in [-0.25, -0.2) is 0 Å². The number of hydrogen-bond acceptors (Lipinski definition) is 6. The second-order valence-electron chi connectivity index (χ2n) is 5.42. The number of anilines is 1. The number of ether oxygens (including phenoxy) is 1. The minimum Gasteiger partial charge on any atom is -0.483 e. The number of benzene rings is 2. The Balaban J connectivity index is 1.71. The van der Waals surface area contributed by atoms with Crippen molar-refractivity contribution < 1.29 is 17.9 Å². The Hall–Kier alpha value is -3.61. The summed E-state index contributed by atoms with van der Waals surface area (Å²) in [6.07, 6.45) is -4.47. The maximum Gasteiger partial charge on any atom is 0.422 e. The van der Waals surface area contributed by atoms with Crippen LogP contribution in [0.2, 0.25) is 0 Å². The highest BCUT2D eigenvalue weighted by Crippen LogP contribution is 2.25. The van der Waals surface area contributed by atoms with Crippen molar-refractivity contribution in [2.24, 2.45) is 0 Å². The molecule has 3 aromatic rings. The Labute approximate surface area is 152 Å². The van der Waals surface area contributed by atoms with Crippen molar-refractivity contribution in [1.29, 1.82) is 5.26 Å². The van der Waals surface area contributed by atoms with Gasteiger partial charge in [-0.2, -0.15) is 23.1 Å². The lowest BCUT2D eigenvalue weighted by Gasteiger charge is -2.12. The van der Waals surface area contributed by atoms with Gasteiger partial charge in [-0.05, 0) is 40.8 Å². The summed E-state index contributed by atoms with van der Waals surface area (Å²) in [5.74, 6) is 0.395. The minimum absolute atomic E-state index is 0.00750. The van der Waals surface area contributed by atoms with Gasteiger partial charge in [-0.1, -0.05) is 18.2 Å². The van der Waals surface area contributed by atoms with E-state index in [0.717, 1.165) is 5.69 Å². The number of nitrogens with one attached hydrogen (secondary N) is 1. The van der Waals surface area contributed by atoms with Crippen molar-refractivity contribution in [3.8, 4) is 17.5 Å². The average molecular weight is 374 g/mol. The molecular weight excluding hydrogens is 361 g/mol. The third-order valence-corrected chi connectivity index (χ3v) is 3.48. The normalized spacial score (nSPS) is 11.0. The molecule has 0 saturated heterocycles. The summed E-state index contributed by atoms with van der Waals surface area (Å²) >= 11 is 0. The van der Waals surface area contributed by atoms with Gasteiger partial charge in [0.05, 0.1) is 17.8 Å². The molecule has 0 fully saturated rings. The minimum atomic E-state index is -4.47. The van der Waals surface area contributed by atoms with Gasteiger partial charge in [0.15, 0.2) is 12.4 Å². The van der Waals surface area contributed by atoms with E-state index in [2.05, 4.69) is 25.6 Å². The van der Waals surface area contributed by atoms with Crippen LogP contribution < -0.4 is 10.1 Å². The summed E-state index contributed by atoms with van der Waals surface area (Å²) in [7, 11) is 0. The lowest BCUT2D eigenvalue weighted by molar-refractivity contribution is -0.153. The molecule has 0 aliphatic heterocycles. The van der Waals surface area contributed by atoms with Crippen molar-refractivity contribution in [3.05, 3.63) is 59.9 Å². The maximum atomic E-state index is 12.3. The Kier molecular flexibility index (Phi) is 5.21.